The molecule has 0 aliphatic heterocycles. The van der Waals surface area contributed by atoms with Crippen molar-refractivity contribution in [3.05, 3.63) is 90.0 Å². The zero-order valence-corrected chi connectivity index (χ0v) is 18.9. The van der Waals surface area contributed by atoms with Crippen molar-refractivity contribution in [3.8, 4) is 11.1 Å². The van der Waals surface area contributed by atoms with Crippen molar-refractivity contribution >= 4 is 23.6 Å². The van der Waals surface area contributed by atoms with Crippen LogP contribution in [0.15, 0.2) is 89.0 Å². The van der Waals surface area contributed by atoms with Crippen LogP contribution in [0.2, 0.25) is 0 Å². The Morgan fingerprint density at radius 2 is 1.53 bits per heavy atom. The molecule has 3 N–H and O–H groups in total. The molecule has 0 saturated heterocycles. The third-order valence-electron chi connectivity index (χ3n) is 5.13. The zero-order chi connectivity index (χ0) is 24.5. The van der Waals surface area contributed by atoms with Gasteiger partial charge in [0.15, 0.2) is 0 Å². The summed E-state index contributed by atoms with van der Waals surface area (Å²) < 4.78 is 5.44. The van der Waals surface area contributed by atoms with Gasteiger partial charge in [-0.1, -0.05) is 66.7 Å². The van der Waals surface area contributed by atoms with Gasteiger partial charge in [0.1, 0.15) is 18.0 Å². The molecule has 0 radical (unpaired) electrons. The summed E-state index contributed by atoms with van der Waals surface area (Å²) in [6.07, 6.45) is -1.15. The Hall–Kier alpha value is -4.33. The summed E-state index contributed by atoms with van der Waals surface area (Å²) >= 11 is 0. The lowest BCUT2D eigenvalue weighted by molar-refractivity contribution is -0.136. The zero-order valence-electron chi connectivity index (χ0n) is 18.9. The van der Waals surface area contributed by atoms with Gasteiger partial charge in [-0.15, -0.1) is 0 Å². The first-order valence-electron chi connectivity index (χ1n) is 10.7. The van der Waals surface area contributed by atoms with E-state index in [1.54, 1.807) is 38.1 Å². The van der Waals surface area contributed by atoms with Crippen LogP contribution in [0.3, 0.4) is 0 Å². The molecular weight excluding hydrogens is 432 g/mol. The smallest absolute Gasteiger partial charge is 0.413 e. The molecule has 34 heavy (non-hydrogen) atoms. The molecular formula is C26H26N4O4. The lowest BCUT2D eigenvalue weighted by Crippen LogP contribution is -2.37. The predicted octanol–water partition coefficient (Wildman–Crippen LogP) is 5.92. The second-order valence-electron chi connectivity index (χ2n) is 7.70. The molecule has 8 nitrogen and oxygen atoms in total. The van der Waals surface area contributed by atoms with Crippen molar-refractivity contribution in [2.75, 3.05) is 0 Å². The number of hydrogen-bond donors (Lipinski definition) is 3. The van der Waals surface area contributed by atoms with E-state index >= 15 is 0 Å². The van der Waals surface area contributed by atoms with Gasteiger partial charge in [-0.3, -0.25) is 10.1 Å². The molecule has 0 heterocycles. The molecule has 0 aliphatic rings. The molecule has 174 valence electrons. The summed E-state index contributed by atoms with van der Waals surface area (Å²) in [5, 5.41) is 15.0. The van der Waals surface area contributed by atoms with Crippen LogP contribution in [0.4, 0.5) is 10.5 Å². The Labute approximate surface area is 197 Å². The average molecular weight is 459 g/mol. The SMILES string of the molecule is CC(N=N)C(=Nc1ccc(-c2ccc(CC(=O)O)cc2)cc1)NC(=O)OC(C)c1ccccc1. The minimum Gasteiger partial charge on any atom is -0.481 e. The van der Waals surface area contributed by atoms with E-state index in [1.807, 2.05) is 54.6 Å². The molecule has 1 amide bonds. The van der Waals surface area contributed by atoms with Gasteiger partial charge in [0.25, 0.3) is 0 Å². The standard InChI is InChI=1S/C26H26N4O4/c1-17(30-27)25(29-26(33)34-18(2)20-6-4-3-5-7-20)28-23-14-12-22(13-15-23)21-10-8-19(9-11-21)16-24(31)32/h3-15,17-18,27H,16H2,1-2H3,(H,31,32)(H,28,29,33). The highest BCUT2D eigenvalue weighted by Crippen LogP contribution is 2.24. The Morgan fingerprint density at radius 3 is 2.09 bits per heavy atom. The molecule has 0 bridgehead atoms. The molecule has 8 heteroatoms. The maximum atomic E-state index is 12.4. The summed E-state index contributed by atoms with van der Waals surface area (Å²) in [6, 6.07) is 23.3. The molecule has 0 aromatic heterocycles. The third-order valence-corrected chi connectivity index (χ3v) is 5.13. The number of hydrogen-bond acceptors (Lipinski definition) is 6. The van der Waals surface area contributed by atoms with Gasteiger partial charge in [0, 0.05) is 0 Å². The van der Waals surface area contributed by atoms with Crippen molar-refractivity contribution in [3.63, 3.8) is 0 Å². The molecule has 2 atom stereocenters. The molecule has 0 saturated carbocycles. The summed E-state index contributed by atoms with van der Waals surface area (Å²) in [6.45, 7) is 3.43. The van der Waals surface area contributed by atoms with Gasteiger partial charge in [0.05, 0.1) is 12.1 Å². The van der Waals surface area contributed by atoms with E-state index in [-0.39, 0.29) is 12.3 Å². The number of carbonyl (C=O) groups excluding carboxylic acids is 1. The largest absolute Gasteiger partial charge is 0.481 e. The van der Waals surface area contributed by atoms with E-state index < -0.39 is 24.2 Å². The fourth-order valence-corrected chi connectivity index (χ4v) is 3.23. The number of nitrogens with one attached hydrogen (secondary N) is 2. The lowest BCUT2D eigenvalue weighted by atomic mass is 10.0. The lowest BCUT2D eigenvalue weighted by Gasteiger charge is -2.16. The number of aliphatic imine (C=N–C) groups is 1. The van der Waals surface area contributed by atoms with Gasteiger partial charge < -0.3 is 9.84 Å². The number of nitrogens with zero attached hydrogens (tertiary/aromatic N) is 2. The van der Waals surface area contributed by atoms with Crippen molar-refractivity contribution in [1.29, 1.82) is 5.53 Å². The number of alkyl carbamates (subject to hydrolysis) is 1. The van der Waals surface area contributed by atoms with E-state index in [1.165, 1.54) is 0 Å². The van der Waals surface area contributed by atoms with E-state index in [2.05, 4.69) is 15.4 Å². The average Bonchev–Trinajstić information content (AvgIpc) is 2.84. The number of aliphatic carboxylic acids is 1. The molecule has 2 unspecified atom stereocenters. The second-order valence-corrected chi connectivity index (χ2v) is 7.70. The number of amidine groups is 1. The fourth-order valence-electron chi connectivity index (χ4n) is 3.23. The number of benzene rings is 3. The van der Waals surface area contributed by atoms with Gasteiger partial charge in [-0.25, -0.2) is 15.3 Å². The molecule has 0 fully saturated rings. The molecule has 3 aromatic carbocycles. The van der Waals surface area contributed by atoms with Crippen molar-refractivity contribution in [2.45, 2.75) is 32.4 Å². The van der Waals surface area contributed by atoms with E-state index in [0.717, 1.165) is 22.3 Å². The highest BCUT2D eigenvalue weighted by Gasteiger charge is 2.17. The number of ether oxygens (including phenoxy) is 1. The number of carboxylic acids is 1. The number of carbonyl (C=O) groups is 2. The van der Waals surface area contributed by atoms with Crippen LogP contribution in [0, 0.1) is 5.53 Å². The van der Waals surface area contributed by atoms with Crippen molar-refractivity contribution in [2.24, 2.45) is 10.1 Å². The summed E-state index contributed by atoms with van der Waals surface area (Å²) in [5.74, 6) is -0.669. The topological polar surface area (TPSA) is 124 Å². The fraction of sp³-hybridized carbons (Fsp3) is 0.192. The number of rotatable bonds is 8. The van der Waals surface area contributed by atoms with Gasteiger partial charge in [0.2, 0.25) is 0 Å². The second kappa shape index (κ2) is 11.5. The van der Waals surface area contributed by atoms with Gasteiger partial charge in [-0.05, 0) is 48.2 Å². The van der Waals surface area contributed by atoms with Crippen LogP contribution in [0.25, 0.3) is 11.1 Å². The summed E-state index contributed by atoms with van der Waals surface area (Å²) in [7, 11) is 0. The predicted molar refractivity (Wildman–Crippen MR) is 129 cm³/mol. The Kier molecular flexibility index (Phi) is 8.23. The highest BCUT2D eigenvalue weighted by atomic mass is 16.6. The molecule has 3 rings (SSSR count). The van der Waals surface area contributed by atoms with Crippen LogP contribution >= 0.6 is 0 Å². The van der Waals surface area contributed by atoms with E-state index in [4.69, 9.17) is 15.4 Å². The van der Waals surface area contributed by atoms with Crippen molar-refractivity contribution in [1.82, 2.24) is 5.32 Å². The summed E-state index contributed by atoms with van der Waals surface area (Å²) in [5.41, 5.74) is 11.4. The van der Waals surface area contributed by atoms with Crippen LogP contribution < -0.4 is 5.32 Å². The normalized spacial score (nSPS) is 12.9. The maximum absolute atomic E-state index is 12.4. The van der Waals surface area contributed by atoms with Gasteiger partial charge in [-0.2, -0.15) is 5.11 Å². The van der Waals surface area contributed by atoms with Crippen molar-refractivity contribution < 1.29 is 19.4 Å². The van der Waals surface area contributed by atoms with Crippen LogP contribution in [-0.2, 0) is 16.0 Å². The van der Waals surface area contributed by atoms with Crippen LogP contribution in [0.5, 0.6) is 0 Å². The Bertz CT molecular complexity index is 1160. The summed E-state index contributed by atoms with van der Waals surface area (Å²) in [4.78, 5) is 27.7. The first-order valence-corrected chi connectivity index (χ1v) is 10.7. The Morgan fingerprint density at radius 1 is 0.941 bits per heavy atom. The molecule has 0 aliphatic carbocycles. The number of amides is 1. The Balaban J connectivity index is 1.71. The minimum absolute atomic E-state index is 0.0183. The first-order chi connectivity index (χ1) is 16.4. The highest BCUT2D eigenvalue weighted by molar-refractivity contribution is 5.99. The quantitative estimate of drug-likeness (QED) is 0.220. The molecule has 0 spiro atoms. The minimum atomic E-state index is -0.869. The van der Waals surface area contributed by atoms with Crippen LogP contribution in [-0.4, -0.2) is 29.0 Å². The van der Waals surface area contributed by atoms with E-state index in [0.29, 0.717) is 5.69 Å². The monoisotopic (exact) mass is 458 g/mol. The first kappa shape index (κ1) is 24.3. The van der Waals surface area contributed by atoms with Gasteiger partial charge >= 0.3 is 12.1 Å². The third kappa shape index (κ3) is 6.83. The maximum Gasteiger partial charge on any atom is 0.413 e. The number of carboxylic acid groups (broad SMARTS) is 1. The molecule has 3 aromatic rings. The van der Waals surface area contributed by atoms with E-state index in [9.17, 15) is 9.59 Å². The van der Waals surface area contributed by atoms with Crippen LogP contribution in [0.1, 0.15) is 31.1 Å².